The number of sulfonamides is 1. The molecule has 6 heteroatoms. The molecule has 1 atom stereocenters. The number of carbonyl (C=O) groups excluding carboxylic acids is 1. The van der Waals surface area contributed by atoms with E-state index in [4.69, 9.17) is 4.74 Å². The summed E-state index contributed by atoms with van der Waals surface area (Å²) in [5.74, 6) is -0.259. The molecule has 3 aromatic rings. The molecule has 28 heavy (non-hydrogen) atoms. The number of ether oxygens (including phenoxy) is 1. The van der Waals surface area contributed by atoms with Gasteiger partial charge in [-0.05, 0) is 54.0 Å². The van der Waals surface area contributed by atoms with Crippen LogP contribution in [-0.2, 0) is 21.2 Å². The maximum atomic E-state index is 13.0. The molecule has 0 aliphatic heterocycles. The lowest BCUT2D eigenvalue weighted by Gasteiger charge is -2.16. The van der Waals surface area contributed by atoms with Gasteiger partial charge >= 0.3 is 0 Å². The third-order valence-corrected chi connectivity index (χ3v) is 6.78. The Labute approximate surface area is 164 Å². The van der Waals surface area contributed by atoms with Gasteiger partial charge in [0.1, 0.15) is 5.75 Å². The predicted octanol–water partition coefficient (Wildman–Crippen LogP) is 3.69. The van der Waals surface area contributed by atoms with Crippen molar-refractivity contribution in [2.45, 2.75) is 30.6 Å². The fourth-order valence-corrected chi connectivity index (χ4v) is 5.33. The zero-order chi connectivity index (χ0) is 19.9. The van der Waals surface area contributed by atoms with Crippen LogP contribution in [0.2, 0.25) is 0 Å². The first-order valence-electron chi connectivity index (χ1n) is 9.13. The van der Waals surface area contributed by atoms with Crippen molar-refractivity contribution in [1.29, 1.82) is 0 Å². The Balaban J connectivity index is 1.69. The van der Waals surface area contributed by atoms with E-state index < -0.39 is 21.8 Å². The molecular formula is C22H21NO4S. The number of hydrogen-bond donors (Lipinski definition) is 1. The van der Waals surface area contributed by atoms with Crippen LogP contribution in [0.25, 0.3) is 10.8 Å². The molecule has 0 spiro atoms. The third kappa shape index (κ3) is 3.03. The second kappa shape index (κ2) is 6.95. The van der Waals surface area contributed by atoms with Crippen LogP contribution in [0.3, 0.4) is 0 Å². The first kappa shape index (κ1) is 18.5. The highest BCUT2D eigenvalue weighted by Crippen LogP contribution is 2.40. The summed E-state index contributed by atoms with van der Waals surface area (Å²) in [4.78, 5) is 13.1. The Morgan fingerprint density at radius 1 is 1.07 bits per heavy atom. The molecule has 0 saturated carbocycles. The van der Waals surface area contributed by atoms with Crippen LogP contribution < -0.4 is 9.46 Å². The molecule has 0 fully saturated rings. The highest BCUT2D eigenvalue weighted by Gasteiger charge is 2.34. The minimum Gasteiger partial charge on any atom is -0.496 e. The topological polar surface area (TPSA) is 72.5 Å². The van der Waals surface area contributed by atoms with Gasteiger partial charge in [-0.2, -0.15) is 0 Å². The summed E-state index contributed by atoms with van der Waals surface area (Å²) in [6, 6.07) is 16.1. The normalized spacial score (nSPS) is 16.0. The minimum atomic E-state index is -3.99. The summed E-state index contributed by atoms with van der Waals surface area (Å²) in [5.41, 5.74) is 2.84. The van der Waals surface area contributed by atoms with Gasteiger partial charge < -0.3 is 4.74 Å². The molecule has 4 rings (SSSR count). The number of fused-ring (bicyclic) bond motifs is 2. The lowest BCUT2D eigenvalue weighted by molar-refractivity contribution is -0.120. The monoisotopic (exact) mass is 395 g/mol. The van der Waals surface area contributed by atoms with Crippen molar-refractivity contribution in [3.8, 4) is 5.75 Å². The maximum absolute atomic E-state index is 13.0. The smallest absolute Gasteiger partial charge is 0.264 e. The number of methoxy groups -OCH3 is 1. The maximum Gasteiger partial charge on any atom is 0.264 e. The average molecular weight is 395 g/mol. The Morgan fingerprint density at radius 2 is 1.82 bits per heavy atom. The number of aryl methyl sites for hydroxylation is 1. The molecule has 3 aromatic carbocycles. The number of hydrogen-bond acceptors (Lipinski definition) is 4. The van der Waals surface area contributed by atoms with Crippen LogP contribution in [-0.4, -0.2) is 21.4 Å². The highest BCUT2D eigenvalue weighted by molar-refractivity contribution is 7.90. The standard InChI is InChI=1S/C22H21NO4S/c1-14-10-13-19(27-2)17-11-12-18(21(14)17)22(24)23-28(25,26)20-9-5-7-15-6-3-4-8-16(15)20/h3-10,13,18H,11-12H2,1-2H3,(H,23,24). The minimum absolute atomic E-state index is 0.111. The van der Waals surface area contributed by atoms with Gasteiger partial charge in [-0.3, -0.25) is 4.79 Å². The lowest BCUT2D eigenvalue weighted by atomic mass is 9.95. The summed E-state index contributed by atoms with van der Waals surface area (Å²) in [6.45, 7) is 1.93. The molecule has 0 saturated heterocycles. The second-order valence-corrected chi connectivity index (χ2v) is 8.67. The molecule has 0 bridgehead atoms. The SMILES string of the molecule is COc1ccc(C)c2c1CCC2C(=O)NS(=O)(=O)c1cccc2ccccc12. The summed E-state index contributed by atoms with van der Waals surface area (Å²) >= 11 is 0. The van der Waals surface area contributed by atoms with Gasteiger partial charge in [-0.25, -0.2) is 13.1 Å². The van der Waals surface area contributed by atoms with Gasteiger partial charge in [0.15, 0.2) is 0 Å². The third-order valence-electron chi connectivity index (χ3n) is 5.37. The molecule has 1 amide bonds. The molecule has 0 heterocycles. The highest BCUT2D eigenvalue weighted by atomic mass is 32.2. The Bertz CT molecular complexity index is 1180. The van der Waals surface area contributed by atoms with Gasteiger partial charge in [0.05, 0.1) is 17.9 Å². The summed E-state index contributed by atoms with van der Waals surface area (Å²) in [5, 5.41) is 1.40. The Hall–Kier alpha value is -2.86. The van der Waals surface area contributed by atoms with Crippen molar-refractivity contribution >= 4 is 26.7 Å². The molecule has 144 valence electrons. The van der Waals surface area contributed by atoms with Gasteiger partial charge in [0.25, 0.3) is 10.0 Å². The number of benzene rings is 3. The van der Waals surface area contributed by atoms with Crippen molar-refractivity contribution in [2.75, 3.05) is 7.11 Å². The first-order valence-corrected chi connectivity index (χ1v) is 10.6. The molecule has 1 unspecified atom stereocenters. The quantitative estimate of drug-likeness (QED) is 0.731. The second-order valence-electron chi connectivity index (χ2n) is 7.02. The Kier molecular flexibility index (Phi) is 4.59. The fraction of sp³-hybridized carbons (Fsp3) is 0.227. The van der Waals surface area contributed by atoms with E-state index in [1.54, 1.807) is 25.3 Å². The largest absolute Gasteiger partial charge is 0.496 e. The van der Waals surface area contributed by atoms with E-state index >= 15 is 0 Å². The van der Waals surface area contributed by atoms with Gasteiger partial charge in [0.2, 0.25) is 5.91 Å². The van der Waals surface area contributed by atoms with E-state index in [1.165, 1.54) is 6.07 Å². The van der Waals surface area contributed by atoms with Gasteiger partial charge in [-0.1, -0.05) is 42.5 Å². The molecule has 1 aliphatic rings. The van der Waals surface area contributed by atoms with E-state index in [0.717, 1.165) is 27.8 Å². The first-order chi connectivity index (χ1) is 13.4. The number of carbonyl (C=O) groups is 1. The molecule has 5 nitrogen and oxygen atoms in total. The van der Waals surface area contributed by atoms with Crippen LogP contribution in [0.15, 0.2) is 59.5 Å². The van der Waals surface area contributed by atoms with E-state index in [-0.39, 0.29) is 4.90 Å². The van der Waals surface area contributed by atoms with Crippen LogP contribution >= 0.6 is 0 Å². The van der Waals surface area contributed by atoms with Crippen molar-refractivity contribution in [3.05, 3.63) is 71.3 Å². The van der Waals surface area contributed by atoms with Crippen molar-refractivity contribution in [3.63, 3.8) is 0 Å². The van der Waals surface area contributed by atoms with E-state index in [0.29, 0.717) is 18.2 Å². The number of amides is 1. The van der Waals surface area contributed by atoms with E-state index in [9.17, 15) is 13.2 Å². The zero-order valence-electron chi connectivity index (χ0n) is 15.7. The Morgan fingerprint density at radius 3 is 2.61 bits per heavy atom. The zero-order valence-corrected chi connectivity index (χ0v) is 16.5. The van der Waals surface area contributed by atoms with Crippen LogP contribution in [0.5, 0.6) is 5.75 Å². The van der Waals surface area contributed by atoms with Crippen LogP contribution in [0.1, 0.15) is 29.0 Å². The van der Waals surface area contributed by atoms with Crippen molar-refractivity contribution < 1.29 is 17.9 Å². The summed E-state index contributed by atoms with van der Waals surface area (Å²) in [7, 11) is -2.38. The van der Waals surface area contributed by atoms with Crippen LogP contribution in [0.4, 0.5) is 0 Å². The summed E-state index contributed by atoms with van der Waals surface area (Å²) in [6.07, 6.45) is 1.25. The molecule has 0 radical (unpaired) electrons. The van der Waals surface area contributed by atoms with Crippen molar-refractivity contribution in [2.24, 2.45) is 0 Å². The van der Waals surface area contributed by atoms with Crippen molar-refractivity contribution in [1.82, 2.24) is 4.72 Å². The molecule has 0 aromatic heterocycles. The molecule has 1 aliphatic carbocycles. The average Bonchev–Trinajstić information content (AvgIpc) is 3.14. The van der Waals surface area contributed by atoms with E-state index in [1.807, 2.05) is 37.3 Å². The predicted molar refractivity (Wildman–Crippen MR) is 108 cm³/mol. The van der Waals surface area contributed by atoms with E-state index in [2.05, 4.69) is 4.72 Å². The lowest BCUT2D eigenvalue weighted by Crippen LogP contribution is -2.34. The summed E-state index contributed by atoms with van der Waals surface area (Å²) < 4.78 is 33.7. The van der Waals surface area contributed by atoms with Crippen LogP contribution in [0, 0.1) is 6.92 Å². The molecule has 1 N–H and O–H groups in total. The van der Waals surface area contributed by atoms with Gasteiger partial charge in [-0.15, -0.1) is 0 Å². The number of rotatable bonds is 4. The van der Waals surface area contributed by atoms with Gasteiger partial charge in [0, 0.05) is 5.39 Å². The number of nitrogens with one attached hydrogen (secondary N) is 1. The fourth-order valence-electron chi connectivity index (χ4n) is 4.08. The molecular weight excluding hydrogens is 374 g/mol.